The highest BCUT2D eigenvalue weighted by Gasteiger charge is 2.09. The van der Waals surface area contributed by atoms with Gasteiger partial charge in [0.15, 0.2) is 4.32 Å². The fourth-order valence-electron chi connectivity index (χ4n) is 1.19. The van der Waals surface area contributed by atoms with Crippen molar-refractivity contribution in [2.75, 3.05) is 13.1 Å². The Bertz CT molecular complexity index is 380. The largest absolute Gasteiger partial charge is 0.357 e. The number of aromatic nitrogens is 1. The van der Waals surface area contributed by atoms with E-state index >= 15 is 0 Å². The van der Waals surface area contributed by atoms with Crippen LogP contribution < -0.4 is 4.72 Å². The molecule has 0 aliphatic carbocycles. The average Bonchev–Trinajstić information content (AvgIpc) is 2.38. The van der Waals surface area contributed by atoms with Crippen molar-refractivity contribution in [1.29, 1.82) is 0 Å². The van der Waals surface area contributed by atoms with Gasteiger partial charge in [0.25, 0.3) is 5.91 Å². The molecule has 1 rings (SSSR count). The van der Waals surface area contributed by atoms with E-state index in [-0.39, 0.29) is 5.91 Å². The number of pyridine rings is 1. The van der Waals surface area contributed by atoms with Gasteiger partial charge in [-0.25, -0.2) is 0 Å². The van der Waals surface area contributed by atoms with Gasteiger partial charge in [-0.2, -0.15) is 0 Å². The van der Waals surface area contributed by atoms with E-state index in [0.29, 0.717) is 9.88 Å². The minimum Gasteiger partial charge on any atom is -0.357 e. The molecular formula is C11H15N3OS2. The van der Waals surface area contributed by atoms with Gasteiger partial charge >= 0.3 is 0 Å². The number of thiocarbonyl (C=S) groups is 1. The monoisotopic (exact) mass is 269 g/mol. The summed E-state index contributed by atoms with van der Waals surface area (Å²) in [6.45, 7) is 5.73. The Labute approximate surface area is 111 Å². The Balaban J connectivity index is 2.46. The van der Waals surface area contributed by atoms with Crippen LogP contribution in [0.4, 0.5) is 0 Å². The molecule has 6 heteroatoms. The lowest BCUT2D eigenvalue weighted by molar-refractivity contribution is 0.0984. The first-order chi connectivity index (χ1) is 8.19. The highest BCUT2D eigenvalue weighted by molar-refractivity contribution is 8.22. The molecule has 92 valence electrons. The Morgan fingerprint density at radius 3 is 2.76 bits per heavy atom. The molecule has 4 nitrogen and oxygen atoms in total. The van der Waals surface area contributed by atoms with E-state index in [1.807, 2.05) is 18.7 Å². The molecule has 0 atom stereocenters. The van der Waals surface area contributed by atoms with Gasteiger partial charge < -0.3 is 4.90 Å². The summed E-state index contributed by atoms with van der Waals surface area (Å²) in [5, 5.41) is 0. The second-order valence-corrected chi connectivity index (χ2v) is 4.65. The SMILES string of the molecule is CCN(CC)C(=S)SNC(=O)c1cccnc1. The first-order valence-electron chi connectivity index (χ1n) is 5.35. The van der Waals surface area contributed by atoms with Crippen LogP contribution in [0.15, 0.2) is 24.5 Å². The van der Waals surface area contributed by atoms with Gasteiger partial charge in [0.05, 0.1) is 5.56 Å². The number of carbonyl (C=O) groups is 1. The highest BCUT2D eigenvalue weighted by Crippen LogP contribution is 2.07. The van der Waals surface area contributed by atoms with Crippen LogP contribution in [0.1, 0.15) is 24.2 Å². The summed E-state index contributed by atoms with van der Waals surface area (Å²) in [5.41, 5.74) is 0.530. The first-order valence-corrected chi connectivity index (χ1v) is 6.57. The molecule has 0 bridgehead atoms. The number of hydrogen-bond acceptors (Lipinski definition) is 4. The Hall–Kier alpha value is -1.14. The zero-order valence-electron chi connectivity index (χ0n) is 9.84. The topological polar surface area (TPSA) is 45.2 Å². The number of nitrogens with one attached hydrogen (secondary N) is 1. The maximum Gasteiger partial charge on any atom is 0.262 e. The van der Waals surface area contributed by atoms with Gasteiger partial charge in [-0.1, -0.05) is 12.2 Å². The summed E-state index contributed by atoms with van der Waals surface area (Å²) in [4.78, 5) is 17.6. The van der Waals surface area contributed by atoms with E-state index in [1.54, 1.807) is 18.3 Å². The van der Waals surface area contributed by atoms with E-state index < -0.39 is 0 Å². The molecule has 1 amide bonds. The molecule has 0 unspecified atom stereocenters. The molecule has 0 aliphatic heterocycles. The summed E-state index contributed by atoms with van der Waals surface area (Å²) in [7, 11) is 0. The van der Waals surface area contributed by atoms with Crippen LogP contribution >= 0.6 is 24.2 Å². The highest BCUT2D eigenvalue weighted by atomic mass is 32.2. The van der Waals surface area contributed by atoms with Gasteiger partial charge in [-0.3, -0.25) is 14.5 Å². The molecule has 0 fully saturated rings. The zero-order chi connectivity index (χ0) is 12.7. The molecule has 0 radical (unpaired) electrons. The second kappa shape index (κ2) is 7.24. The summed E-state index contributed by atoms with van der Waals surface area (Å²) < 4.78 is 3.38. The lowest BCUT2D eigenvalue weighted by atomic mass is 10.3. The third kappa shape index (κ3) is 4.32. The third-order valence-corrected chi connectivity index (χ3v) is 3.40. The quantitative estimate of drug-likeness (QED) is 0.672. The predicted molar refractivity (Wildman–Crippen MR) is 74.8 cm³/mol. The van der Waals surface area contributed by atoms with Crippen LogP contribution in [0.5, 0.6) is 0 Å². The number of nitrogens with zero attached hydrogens (tertiary/aromatic N) is 2. The second-order valence-electron chi connectivity index (χ2n) is 3.21. The van der Waals surface area contributed by atoms with Crippen molar-refractivity contribution in [2.24, 2.45) is 0 Å². The van der Waals surface area contributed by atoms with Gasteiger partial charge in [-0.05, 0) is 26.0 Å². The Morgan fingerprint density at radius 2 is 2.24 bits per heavy atom. The van der Waals surface area contributed by atoms with Gasteiger partial charge in [-0.15, -0.1) is 0 Å². The minimum absolute atomic E-state index is 0.183. The van der Waals surface area contributed by atoms with Crippen LogP contribution in [0, 0.1) is 0 Å². The fourth-order valence-corrected chi connectivity index (χ4v) is 2.26. The lowest BCUT2D eigenvalue weighted by Gasteiger charge is -2.20. The molecule has 1 aromatic heterocycles. The molecular weight excluding hydrogens is 254 g/mol. The predicted octanol–water partition coefficient (Wildman–Crippen LogP) is 2.09. The summed E-state index contributed by atoms with van der Waals surface area (Å²) in [6, 6.07) is 3.44. The summed E-state index contributed by atoms with van der Waals surface area (Å²) in [5.74, 6) is -0.183. The molecule has 0 saturated heterocycles. The lowest BCUT2D eigenvalue weighted by Crippen LogP contribution is -2.30. The van der Waals surface area contributed by atoms with E-state index in [4.69, 9.17) is 12.2 Å². The van der Waals surface area contributed by atoms with Gasteiger partial charge in [0.2, 0.25) is 0 Å². The summed E-state index contributed by atoms with van der Waals surface area (Å²) in [6.07, 6.45) is 3.15. The molecule has 1 aromatic rings. The fraction of sp³-hybridized carbons (Fsp3) is 0.364. The van der Waals surface area contributed by atoms with E-state index in [0.717, 1.165) is 13.1 Å². The molecule has 17 heavy (non-hydrogen) atoms. The van der Waals surface area contributed by atoms with Crippen LogP contribution in [0.25, 0.3) is 0 Å². The average molecular weight is 269 g/mol. The van der Waals surface area contributed by atoms with Crippen molar-refractivity contribution in [1.82, 2.24) is 14.6 Å². The van der Waals surface area contributed by atoms with Crippen LogP contribution in [-0.2, 0) is 0 Å². The van der Waals surface area contributed by atoms with E-state index in [9.17, 15) is 4.79 Å². The van der Waals surface area contributed by atoms with Crippen molar-refractivity contribution in [2.45, 2.75) is 13.8 Å². The number of amides is 1. The van der Waals surface area contributed by atoms with Crippen molar-refractivity contribution in [3.63, 3.8) is 0 Å². The number of hydrogen-bond donors (Lipinski definition) is 1. The Kier molecular flexibility index (Phi) is 5.93. The molecule has 1 heterocycles. The van der Waals surface area contributed by atoms with Gasteiger partial charge in [0, 0.05) is 37.4 Å². The van der Waals surface area contributed by atoms with Gasteiger partial charge in [0.1, 0.15) is 0 Å². The molecule has 1 N–H and O–H groups in total. The van der Waals surface area contributed by atoms with Crippen molar-refractivity contribution >= 4 is 34.4 Å². The van der Waals surface area contributed by atoms with Crippen molar-refractivity contribution in [3.8, 4) is 0 Å². The standard InChI is InChI=1S/C11H15N3OS2/c1-3-14(4-2)11(16)17-13-10(15)9-6-5-7-12-8-9/h5-8H,3-4H2,1-2H3,(H,13,15). The van der Waals surface area contributed by atoms with Crippen molar-refractivity contribution < 1.29 is 4.79 Å². The number of rotatable bonds is 3. The Morgan fingerprint density at radius 1 is 1.53 bits per heavy atom. The smallest absolute Gasteiger partial charge is 0.262 e. The molecule has 0 aromatic carbocycles. The molecule has 0 spiro atoms. The van der Waals surface area contributed by atoms with Crippen molar-refractivity contribution in [3.05, 3.63) is 30.1 Å². The minimum atomic E-state index is -0.183. The number of carbonyl (C=O) groups excluding carboxylic acids is 1. The van der Waals surface area contributed by atoms with E-state index in [2.05, 4.69) is 9.71 Å². The van der Waals surface area contributed by atoms with Crippen LogP contribution in [-0.4, -0.2) is 33.2 Å². The maximum atomic E-state index is 11.7. The van der Waals surface area contributed by atoms with Crippen LogP contribution in [0.2, 0.25) is 0 Å². The normalized spacial score (nSPS) is 9.76. The third-order valence-electron chi connectivity index (χ3n) is 2.18. The van der Waals surface area contributed by atoms with Crippen LogP contribution in [0.3, 0.4) is 0 Å². The van der Waals surface area contributed by atoms with E-state index in [1.165, 1.54) is 18.1 Å². The first kappa shape index (κ1) is 13.9. The maximum absolute atomic E-state index is 11.7. The molecule has 0 saturated carbocycles. The zero-order valence-corrected chi connectivity index (χ0v) is 11.5. The molecule has 0 aliphatic rings. The summed E-state index contributed by atoms with van der Waals surface area (Å²) >= 11 is 6.37.